The molecule has 3 heterocycles. The van der Waals surface area contributed by atoms with Crippen molar-refractivity contribution < 1.29 is 25.3 Å². The van der Waals surface area contributed by atoms with E-state index in [1.165, 1.54) is 75.5 Å². The third-order valence-electron chi connectivity index (χ3n) is 5.80. The Bertz CT molecular complexity index is 1470. The van der Waals surface area contributed by atoms with Crippen LogP contribution in [0.5, 0.6) is 0 Å². The molecule has 0 amide bonds. The summed E-state index contributed by atoms with van der Waals surface area (Å²) in [5.41, 5.74) is 0.698. The molecule has 15 nitrogen and oxygen atoms in total. The lowest BCUT2D eigenvalue weighted by Gasteiger charge is -2.36. The number of nitrogens with zero attached hydrogens (tertiary/aromatic N) is 8. The van der Waals surface area contributed by atoms with Crippen molar-refractivity contribution >= 4 is 53.9 Å². The highest BCUT2D eigenvalue weighted by Gasteiger charge is 2.42. The minimum Gasteiger partial charge on any atom is -0.351 e. The topological polar surface area (TPSA) is 176 Å². The number of rotatable bonds is 6. The molecular weight excluding hydrogens is 646 g/mol. The molecule has 0 radical (unpaired) electrons. The van der Waals surface area contributed by atoms with Crippen LogP contribution in [0.3, 0.4) is 0 Å². The van der Waals surface area contributed by atoms with Crippen LogP contribution in [0, 0.1) is 0 Å². The van der Waals surface area contributed by atoms with Crippen LogP contribution in [0.4, 0.5) is 0 Å². The fourth-order valence-corrected chi connectivity index (χ4v) is 6.52. The van der Waals surface area contributed by atoms with Gasteiger partial charge in [-0.05, 0) is 5.04 Å². The SMILES string of the molecule is C.CN(C)S(=O)(=O)Cl.CN(C)S(=O)(=O)n1ccnc1.CN(C)S(=O)(=O)n1ccnc1[Si](C)(C)C(C)(C)C.c1c[nH]cn1. The van der Waals surface area contributed by atoms with Crippen molar-refractivity contribution in [1.29, 1.82) is 0 Å². The first-order valence-electron chi connectivity index (χ1n) is 11.8. The molecule has 0 atom stereocenters. The number of hydrogen-bond donors (Lipinski definition) is 1. The van der Waals surface area contributed by atoms with Gasteiger partial charge in [0.15, 0.2) is 0 Å². The molecule has 3 rings (SSSR count). The molecule has 3 aromatic heterocycles. The van der Waals surface area contributed by atoms with Crippen LogP contribution in [0.25, 0.3) is 0 Å². The van der Waals surface area contributed by atoms with E-state index >= 15 is 0 Å². The van der Waals surface area contributed by atoms with Crippen LogP contribution >= 0.6 is 10.7 Å². The molecule has 0 fully saturated rings. The monoisotopic (exact) mass is 691 g/mol. The number of aromatic nitrogens is 6. The van der Waals surface area contributed by atoms with Gasteiger partial charge < -0.3 is 4.98 Å². The largest absolute Gasteiger partial charge is 0.351 e. The van der Waals surface area contributed by atoms with E-state index in [1.54, 1.807) is 24.9 Å². The van der Waals surface area contributed by atoms with Crippen LogP contribution in [-0.4, -0.2) is 116 Å². The van der Waals surface area contributed by atoms with Crippen LogP contribution in [0.2, 0.25) is 18.1 Å². The lowest BCUT2D eigenvalue weighted by atomic mass is 10.2. The minimum absolute atomic E-state index is 0. The second-order valence-corrected chi connectivity index (χ2v) is 22.4. The summed E-state index contributed by atoms with van der Waals surface area (Å²) in [4.78, 5) is 14.4. The van der Waals surface area contributed by atoms with Crippen molar-refractivity contribution in [2.45, 2.75) is 46.3 Å². The van der Waals surface area contributed by atoms with Gasteiger partial charge in [0, 0.05) is 90.1 Å². The molecule has 0 saturated carbocycles. The molecule has 3 aromatic rings. The Balaban J connectivity index is 0. The maximum atomic E-state index is 12.3. The van der Waals surface area contributed by atoms with Crippen LogP contribution in [-0.2, 0) is 29.7 Å². The van der Waals surface area contributed by atoms with Gasteiger partial charge in [0.2, 0.25) is 0 Å². The molecule has 0 spiro atoms. The van der Waals surface area contributed by atoms with Crippen molar-refractivity contribution in [3.05, 3.63) is 49.8 Å². The van der Waals surface area contributed by atoms with Crippen molar-refractivity contribution in [2.75, 3.05) is 42.3 Å². The third kappa shape index (κ3) is 12.2. The van der Waals surface area contributed by atoms with E-state index in [-0.39, 0.29) is 12.5 Å². The Hall–Kier alpha value is -2.13. The Morgan fingerprint density at radius 1 is 0.810 bits per heavy atom. The van der Waals surface area contributed by atoms with Crippen LogP contribution < -0.4 is 5.45 Å². The van der Waals surface area contributed by atoms with Gasteiger partial charge >= 0.3 is 20.4 Å². The molecule has 1 N–H and O–H groups in total. The van der Waals surface area contributed by atoms with Gasteiger partial charge in [-0.3, -0.25) is 0 Å². The number of halogens is 1. The molecular formula is C22H46ClN9O6S3Si. The van der Waals surface area contributed by atoms with Gasteiger partial charge in [0.1, 0.15) is 19.8 Å². The van der Waals surface area contributed by atoms with Gasteiger partial charge in [0.05, 0.1) is 6.33 Å². The van der Waals surface area contributed by atoms with Crippen LogP contribution in [0.1, 0.15) is 28.2 Å². The molecule has 0 aromatic carbocycles. The summed E-state index contributed by atoms with van der Waals surface area (Å²) in [6.45, 7) is 10.7. The lowest BCUT2D eigenvalue weighted by molar-refractivity contribution is 0.510. The quantitative estimate of drug-likeness (QED) is 0.299. The highest BCUT2D eigenvalue weighted by atomic mass is 35.7. The first-order valence-corrected chi connectivity index (χ1v) is 19.9. The molecule has 20 heteroatoms. The predicted octanol–water partition coefficient (Wildman–Crippen LogP) is 1.87. The first kappa shape index (κ1) is 42.0. The molecule has 244 valence electrons. The fourth-order valence-electron chi connectivity index (χ4n) is 2.21. The number of nitrogens with one attached hydrogen (secondary N) is 1. The average molecular weight is 692 g/mol. The Morgan fingerprint density at radius 3 is 1.60 bits per heavy atom. The van der Waals surface area contributed by atoms with Crippen molar-refractivity contribution in [1.82, 2.24) is 40.8 Å². The number of H-pyrrole nitrogens is 1. The maximum absolute atomic E-state index is 12.3. The Morgan fingerprint density at radius 2 is 1.31 bits per heavy atom. The molecule has 0 aliphatic heterocycles. The highest BCUT2D eigenvalue weighted by molar-refractivity contribution is 8.11. The average Bonchev–Trinajstić information content (AvgIpc) is 3.62. The first-order chi connectivity index (χ1) is 18.4. The van der Waals surface area contributed by atoms with Gasteiger partial charge in [0.25, 0.3) is 9.24 Å². The van der Waals surface area contributed by atoms with Gasteiger partial charge in [-0.1, -0.05) is 41.3 Å². The molecule has 0 aliphatic rings. The zero-order valence-electron chi connectivity index (χ0n) is 25.2. The van der Waals surface area contributed by atoms with E-state index in [9.17, 15) is 25.3 Å². The number of hydrogen-bond acceptors (Lipinski definition) is 9. The highest BCUT2D eigenvalue weighted by Crippen LogP contribution is 2.35. The van der Waals surface area contributed by atoms with Crippen molar-refractivity contribution in [2.24, 2.45) is 0 Å². The Labute approximate surface area is 257 Å². The molecule has 0 saturated heterocycles. The van der Waals surface area contributed by atoms with Gasteiger partial charge in [-0.2, -0.15) is 38.2 Å². The van der Waals surface area contributed by atoms with Crippen LogP contribution in [0.15, 0.2) is 49.8 Å². The van der Waals surface area contributed by atoms with Gasteiger partial charge in [-0.15, -0.1) is 0 Å². The fraction of sp³-hybridized carbons (Fsp3) is 0.591. The van der Waals surface area contributed by atoms with E-state index in [0.29, 0.717) is 5.45 Å². The lowest BCUT2D eigenvalue weighted by Crippen LogP contribution is -2.55. The minimum atomic E-state index is -3.49. The van der Waals surface area contributed by atoms with Crippen molar-refractivity contribution in [3.8, 4) is 0 Å². The molecule has 42 heavy (non-hydrogen) atoms. The summed E-state index contributed by atoms with van der Waals surface area (Å²) in [7, 11) is 1.24. The van der Waals surface area contributed by atoms with Crippen molar-refractivity contribution in [3.63, 3.8) is 0 Å². The third-order valence-corrected chi connectivity index (χ3v) is 16.3. The second kappa shape index (κ2) is 16.6. The summed E-state index contributed by atoms with van der Waals surface area (Å²) in [5, 5.41) is 0.0396. The number of imidazole rings is 3. The van der Waals surface area contributed by atoms with E-state index in [4.69, 9.17) is 10.7 Å². The predicted molar refractivity (Wildman–Crippen MR) is 171 cm³/mol. The van der Waals surface area contributed by atoms with E-state index in [0.717, 1.165) is 12.6 Å². The number of aromatic amines is 1. The summed E-state index contributed by atoms with van der Waals surface area (Å²) in [5.74, 6) is 0. The van der Waals surface area contributed by atoms with Gasteiger partial charge in [-0.25, -0.2) is 22.9 Å². The zero-order valence-corrected chi connectivity index (χ0v) is 29.5. The summed E-state index contributed by atoms with van der Waals surface area (Å²) < 4.78 is 72.7. The maximum Gasteiger partial charge on any atom is 0.308 e. The van der Waals surface area contributed by atoms with E-state index in [1.807, 2.05) is 0 Å². The Kier molecular flexibility index (Phi) is 16.6. The zero-order chi connectivity index (χ0) is 32.4. The smallest absolute Gasteiger partial charge is 0.308 e. The normalized spacial score (nSPS) is 12.4. The second-order valence-electron chi connectivity index (χ2n) is 10.4. The summed E-state index contributed by atoms with van der Waals surface area (Å²) >= 11 is 0. The van der Waals surface area contributed by atoms with E-state index in [2.05, 4.69) is 53.8 Å². The molecule has 0 unspecified atom stereocenters. The van der Waals surface area contributed by atoms with E-state index < -0.39 is 37.7 Å². The molecule has 0 bridgehead atoms. The summed E-state index contributed by atoms with van der Waals surface area (Å²) in [6, 6.07) is 0. The molecule has 0 aliphatic carbocycles. The standard InChI is InChI=1S/C11H23N3O2SSi.C5H9N3O2S.C3H4N2.C2H6ClNO2S.CH4/c1-11(2,3)18(6,7)10-12-8-9-14(10)17(15,16)13(4)5;1-7(2)11(9,10)8-4-3-6-5-8;1-2-5-3-4-1;1-4(2)7(3,5)6;/h8-9H,1-7H3;3-5H,1-2H3;1-3H,(H,4,5);1-2H3;1H4. The summed E-state index contributed by atoms with van der Waals surface area (Å²) in [6.07, 6.45) is 12.2.